The number of nitrogens with zero attached hydrogens (tertiary/aromatic N) is 4. The minimum atomic E-state index is -4.89. The molecule has 0 radical (unpaired) electrons. The molecular formula is C12H14F3N5O3S2. The van der Waals surface area contributed by atoms with E-state index in [0.29, 0.717) is 11.8 Å². The van der Waals surface area contributed by atoms with E-state index >= 15 is 0 Å². The molecule has 1 saturated heterocycles. The van der Waals surface area contributed by atoms with Gasteiger partial charge in [-0.2, -0.15) is 27.7 Å². The fourth-order valence-corrected chi connectivity index (χ4v) is 5.87. The SMILES string of the molecule is Cn1cc(C2CS(=O)CCN2S(=O)(=O)c2cn[nH]c2C(F)(F)F)cn1. The van der Waals surface area contributed by atoms with Crippen molar-refractivity contribution in [1.82, 2.24) is 24.3 Å². The lowest BCUT2D eigenvalue weighted by molar-refractivity contribution is -0.143. The van der Waals surface area contributed by atoms with Crippen LogP contribution in [0, 0.1) is 0 Å². The second-order valence-electron chi connectivity index (χ2n) is 5.50. The number of aryl methyl sites for hydroxylation is 1. The lowest BCUT2D eigenvalue weighted by Gasteiger charge is -2.33. The molecule has 2 atom stereocenters. The van der Waals surface area contributed by atoms with Crippen LogP contribution in [0.3, 0.4) is 0 Å². The summed E-state index contributed by atoms with van der Waals surface area (Å²) in [5, 5.41) is 8.89. The number of aromatic nitrogens is 4. The number of halogens is 3. The van der Waals surface area contributed by atoms with Crippen LogP contribution in [-0.2, 0) is 34.0 Å². The quantitative estimate of drug-likeness (QED) is 0.820. The average molecular weight is 397 g/mol. The lowest BCUT2D eigenvalue weighted by Crippen LogP contribution is -2.44. The molecule has 0 saturated carbocycles. The van der Waals surface area contributed by atoms with Gasteiger partial charge in [0.2, 0.25) is 10.0 Å². The van der Waals surface area contributed by atoms with E-state index in [9.17, 15) is 25.8 Å². The van der Waals surface area contributed by atoms with Gasteiger partial charge >= 0.3 is 6.18 Å². The molecule has 3 heterocycles. The molecule has 1 fully saturated rings. The summed E-state index contributed by atoms with van der Waals surface area (Å²) in [5.41, 5.74) is -0.958. The van der Waals surface area contributed by atoms with Gasteiger partial charge in [0.25, 0.3) is 0 Å². The Morgan fingerprint density at radius 2 is 2.08 bits per heavy atom. The second kappa shape index (κ2) is 6.21. The van der Waals surface area contributed by atoms with Crippen molar-refractivity contribution in [3.05, 3.63) is 29.8 Å². The third kappa shape index (κ3) is 3.35. The highest BCUT2D eigenvalue weighted by molar-refractivity contribution is 7.89. The number of hydrogen-bond donors (Lipinski definition) is 1. The molecule has 1 aliphatic rings. The number of alkyl halides is 3. The van der Waals surface area contributed by atoms with Crippen LogP contribution in [0.1, 0.15) is 17.3 Å². The zero-order valence-electron chi connectivity index (χ0n) is 12.9. The van der Waals surface area contributed by atoms with E-state index in [1.165, 1.54) is 10.9 Å². The molecule has 8 nitrogen and oxygen atoms in total. The first-order valence-electron chi connectivity index (χ1n) is 7.06. The number of nitrogens with one attached hydrogen (secondary N) is 1. The van der Waals surface area contributed by atoms with Crippen molar-refractivity contribution in [2.24, 2.45) is 7.05 Å². The fourth-order valence-electron chi connectivity index (χ4n) is 2.65. The predicted molar refractivity (Wildman–Crippen MR) is 81.3 cm³/mol. The Labute approximate surface area is 143 Å². The molecule has 1 N–H and O–H groups in total. The smallest absolute Gasteiger partial charge is 0.275 e. The number of aromatic amines is 1. The van der Waals surface area contributed by atoms with Gasteiger partial charge in [-0.1, -0.05) is 0 Å². The van der Waals surface area contributed by atoms with Gasteiger partial charge in [-0.05, 0) is 0 Å². The number of H-pyrrole nitrogens is 1. The van der Waals surface area contributed by atoms with Crippen LogP contribution < -0.4 is 0 Å². The Bertz CT molecular complexity index is 905. The van der Waals surface area contributed by atoms with Gasteiger partial charge in [-0.3, -0.25) is 14.0 Å². The van der Waals surface area contributed by atoms with Crippen molar-refractivity contribution < 1.29 is 25.8 Å². The molecule has 2 aromatic rings. The molecule has 0 amide bonds. The van der Waals surface area contributed by atoms with Crippen LogP contribution >= 0.6 is 0 Å². The van der Waals surface area contributed by atoms with Gasteiger partial charge in [0.1, 0.15) is 4.90 Å². The summed E-state index contributed by atoms with van der Waals surface area (Å²) in [6.07, 6.45) is -1.28. The topological polar surface area (TPSA) is 101 Å². The predicted octanol–water partition coefficient (Wildman–Crippen LogP) is 0.656. The molecule has 0 aromatic carbocycles. The third-order valence-corrected chi connectivity index (χ3v) is 7.06. The molecule has 0 bridgehead atoms. The first-order chi connectivity index (χ1) is 11.6. The maximum absolute atomic E-state index is 13.0. The molecule has 1 aliphatic heterocycles. The van der Waals surface area contributed by atoms with E-state index in [1.807, 2.05) is 0 Å². The largest absolute Gasteiger partial charge is 0.434 e. The van der Waals surface area contributed by atoms with Gasteiger partial charge in [0.15, 0.2) is 5.69 Å². The normalized spacial score (nSPS) is 23.0. The Hall–Kier alpha value is -1.73. The van der Waals surface area contributed by atoms with E-state index in [2.05, 4.69) is 10.2 Å². The van der Waals surface area contributed by atoms with Gasteiger partial charge in [0, 0.05) is 47.7 Å². The van der Waals surface area contributed by atoms with Crippen molar-refractivity contribution in [2.75, 3.05) is 18.1 Å². The van der Waals surface area contributed by atoms with Crippen molar-refractivity contribution in [2.45, 2.75) is 17.1 Å². The Morgan fingerprint density at radius 3 is 2.68 bits per heavy atom. The number of hydrogen-bond acceptors (Lipinski definition) is 5. The average Bonchev–Trinajstić information content (AvgIpc) is 3.15. The number of sulfonamides is 1. The zero-order chi connectivity index (χ0) is 18.4. The standard InChI is InChI=1S/C12H14F3N5O3S2/c1-19-6-8(4-17-19)9-7-24(21)3-2-20(9)25(22,23)10-5-16-18-11(10)12(13,14)15/h4-6,9H,2-3,7H2,1H3,(H,16,18). The third-order valence-electron chi connectivity index (χ3n) is 3.82. The monoisotopic (exact) mass is 397 g/mol. The zero-order valence-corrected chi connectivity index (χ0v) is 14.5. The van der Waals surface area contributed by atoms with Crippen LogP contribution in [0.5, 0.6) is 0 Å². The molecule has 25 heavy (non-hydrogen) atoms. The highest BCUT2D eigenvalue weighted by Crippen LogP contribution is 2.36. The van der Waals surface area contributed by atoms with E-state index in [-0.39, 0.29) is 18.1 Å². The Kier molecular flexibility index (Phi) is 4.49. The van der Waals surface area contributed by atoms with Crippen molar-refractivity contribution in [1.29, 1.82) is 0 Å². The fraction of sp³-hybridized carbons (Fsp3) is 0.500. The summed E-state index contributed by atoms with van der Waals surface area (Å²) in [6.45, 7) is -0.156. The van der Waals surface area contributed by atoms with Crippen LogP contribution in [0.4, 0.5) is 13.2 Å². The van der Waals surface area contributed by atoms with Crippen LogP contribution in [-0.4, -0.2) is 55.0 Å². The van der Waals surface area contributed by atoms with Gasteiger partial charge in [0.05, 0.1) is 18.4 Å². The lowest BCUT2D eigenvalue weighted by atomic mass is 10.2. The summed E-state index contributed by atoms with van der Waals surface area (Å²) in [4.78, 5) is -0.943. The summed E-state index contributed by atoms with van der Waals surface area (Å²) in [6, 6.07) is -0.857. The van der Waals surface area contributed by atoms with E-state index in [1.54, 1.807) is 18.3 Å². The maximum Gasteiger partial charge on any atom is 0.434 e. The summed E-state index contributed by atoms with van der Waals surface area (Å²) < 4.78 is 79.1. The van der Waals surface area contributed by atoms with Crippen LogP contribution in [0.2, 0.25) is 0 Å². The first kappa shape index (κ1) is 18.1. The summed E-state index contributed by atoms with van der Waals surface area (Å²) in [5.74, 6) is 0.0410. The molecule has 0 spiro atoms. The maximum atomic E-state index is 13.0. The Morgan fingerprint density at radius 1 is 1.36 bits per heavy atom. The Balaban J connectivity index is 2.06. The molecule has 13 heteroatoms. The minimum Gasteiger partial charge on any atom is -0.275 e. The van der Waals surface area contributed by atoms with E-state index in [0.717, 1.165) is 4.31 Å². The summed E-state index contributed by atoms with van der Waals surface area (Å²) >= 11 is 0. The summed E-state index contributed by atoms with van der Waals surface area (Å²) in [7, 11) is -4.15. The molecular weight excluding hydrogens is 383 g/mol. The highest BCUT2D eigenvalue weighted by Gasteiger charge is 2.44. The van der Waals surface area contributed by atoms with Crippen molar-refractivity contribution in [3.63, 3.8) is 0 Å². The number of rotatable bonds is 3. The van der Waals surface area contributed by atoms with Crippen molar-refractivity contribution >= 4 is 20.8 Å². The molecule has 2 unspecified atom stereocenters. The molecule has 2 aromatic heterocycles. The van der Waals surface area contributed by atoms with Gasteiger partial charge < -0.3 is 0 Å². The first-order valence-corrected chi connectivity index (χ1v) is 9.99. The second-order valence-corrected chi connectivity index (χ2v) is 8.98. The highest BCUT2D eigenvalue weighted by atomic mass is 32.2. The van der Waals surface area contributed by atoms with Crippen molar-refractivity contribution in [3.8, 4) is 0 Å². The van der Waals surface area contributed by atoms with E-state index < -0.39 is 43.6 Å². The molecule has 138 valence electrons. The van der Waals surface area contributed by atoms with Crippen LogP contribution in [0.15, 0.2) is 23.5 Å². The van der Waals surface area contributed by atoms with Gasteiger partial charge in [-0.25, -0.2) is 8.42 Å². The molecule has 3 rings (SSSR count). The minimum absolute atomic E-state index is 0.00980. The van der Waals surface area contributed by atoms with E-state index in [4.69, 9.17) is 0 Å². The van der Waals surface area contributed by atoms with Crippen LogP contribution in [0.25, 0.3) is 0 Å². The molecule has 0 aliphatic carbocycles. The van der Waals surface area contributed by atoms with Gasteiger partial charge in [-0.15, -0.1) is 0 Å².